The molecule has 1 atom stereocenters. The maximum atomic E-state index is 5.49. The van der Waals surface area contributed by atoms with Gasteiger partial charge in [-0.1, -0.05) is 18.2 Å². The standard InChI is InChI=1S/C12H11NO/c1-2-5-11-10(4-1)7-8-13(11)12-6-3-9-14-12/h1-5,7-9,12H,6H2. The lowest BCUT2D eigenvalue weighted by molar-refractivity contribution is 0.109. The predicted molar refractivity (Wildman–Crippen MR) is 55.8 cm³/mol. The molecule has 0 radical (unpaired) electrons. The van der Waals surface area contributed by atoms with Crippen molar-refractivity contribution in [1.82, 2.24) is 4.57 Å². The van der Waals surface area contributed by atoms with Gasteiger partial charge in [-0.25, -0.2) is 0 Å². The van der Waals surface area contributed by atoms with Crippen LogP contribution in [0.1, 0.15) is 12.6 Å². The molecule has 0 saturated carbocycles. The Morgan fingerprint density at radius 2 is 2.14 bits per heavy atom. The summed E-state index contributed by atoms with van der Waals surface area (Å²) in [5, 5.41) is 1.27. The number of hydrogen-bond acceptors (Lipinski definition) is 1. The highest BCUT2D eigenvalue weighted by atomic mass is 16.5. The van der Waals surface area contributed by atoms with E-state index in [2.05, 4.69) is 47.2 Å². The van der Waals surface area contributed by atoms with E-state index in [1.807, 2.05) is 0 Å². The first kappa shape index (κ1) is 7.68. The minimum absolute atomic E-state index is 0.148. The molecule has 1 aliphatic rings. The molecule has 1 aliphatic heterocycles. The first-order valence-electron chi connectivity index (χ1n) is 4.81. The number of rotatable bonds is 1. The van der Waals surface area contributed by atoms with Crippen LogP contribution < -0.4 is 0 Å². The van der Waals surface area contributed by atoms with Crippen LogP contribution in [0.3, 0.4) is 0 Å². The number of aromatic nitrogens is 1. The van der Waals surface area contributed by atoms with Crippen LogP contribution in [-0.2, 0) is 4.74 Å². The van der Waals surface area contributed by atoms with Crippen molar-refractivity contribution in [2.45, 2.75) is 12.6 Å². The van der Waals surface area contributed by atoms with Gasteiger partial charge in [0.1, 0.15) is 0 Å². The first-order valence-corrected chi connectivity index (χ1v) is 4.81. The third kappa shape index (κ3) is 1.04. The van der Waals surface area contributed by atoms with Gasteiger partial charge in [-0.05, 0) is 23.6 Å². The summed E-state index contributed by atoms with van der Waals surface area (Å²) in [6, 6.07) is 10.5. The lowest BCUT2D eigenvalue weighted by Gasteiger charge is -2.13. The lowest BCUT2D eigenvalue weighted by Crippen LogP contribution is -2.04. The van der Waals surface area contributed by atoms with E-state index in [9.17, 15) is 0 Å². The second-order valence-electron chi connectivity index (χ2n) is 3.48. The Morgan fingerprint density at radius 3 is 3.00 bits per heavy atom. The van der Waals surface area contributed by atoms with Crippen molar-refractivity contribution in [1.29, 1.82) is 0 Å². The van der Waals surface area contributed by atoms with E-state index in [0.29, 0.717) is 0 Å². The molecular weight excluding hydrogens is 174 g/mol. The van der Waals surface area contributed by atoms with Gasteiger partial charge in [0.25, 0.3) is 0 Å². The lowest BCUT2D eigenvalue weighted by atomic mass is 10.2. The van der Waals surface area contributed by atoms with E-state index in [4.69, 9.17) is 4.74 Å². The van der Waals surface area contributed by atoms with Crippen LogP contribution in [0.5, 0.6) is 0 Å². The van der Waals surface area contributed by atoms with Crippen LogP contribution in [0, 0.1) is 0 Å². The zero-order chi connectivity index (χ0) is 9.38. The van der Waals surface area contributed by atoms with E-state index in [1.54, 1.807) is 6.26 Å². The zero-order valence-corrected chi connectivity index (χ0v) is 7.76. The molecule has 14 heavy (non-hydrogen) atoms. The van der Waals surface area contributed by atoms with Crippen LogP contribution in [0.25, 0.3) is 10.9 Å². The number of benzene rings is 1. The van der Waals surface area contributed by atoms with Gasteiger partial charge in [0.15, 0.2) is 6.23 Å². The van der Waals surface area contributed by atoms with Gasteiger partial charge in [-0.3, -0.25) is 0 Å². The van der Waals surface area contributed by atoms with E-state index in [1.165, 1.54) is 10.9 Å². The molecule has 2 nitrogen and oxygen atoms in total. The van der Waals surface area contributed by atoms with Gasteiger partial charge in [0, 0.05) is 12.6 Å². The molecular formula is C12H11NO. The van der Waals surface area contributed by atoms with Gasteiger partial charge in [-0.2, -0.15) is 0 Å². The summed E-state index contributed by atoms with van der Waals surface area (Å²) in [5.74, 6) is 0. The zero-order valence-electron chi connectivity index (χ0n) is 7.76. The normalized spacial score (nSPS) is 20.1. The SMILES string of the molecule is C1=COC(n2ccc3ccccc32)C1. The Bertz CT molecular complexity index is 476. The van der Waals surface area contributed by atoms with Gasteiger partial charge in [-0.15, -0.1) is 0 Å². The second kappa shape index (κ2) is 2.91. The summed E-state index contributed by atoms with van der Waals surface area (Å²) >= 11 is 0. The predicted octanol–water partition coefficient (Wildman–Crippen LogP) is 3.07. The average Bonchev–Trinajstić information content (AvgIpc) is 2.85. The Kier molecular flexibility index (Phi) is 1.60. The van der Waals surface area contributed by atoms with Crippen LogP contribution in [-0.4, -0.2) is 4.57 Å². The Balaban J connectivity index is 2.12. The van der Waals surface area contributed by atoms with Gasteiger partial charge in [0.2, 0.25) is 0 Å². The average molecular weight is 185 g/mol. The molecule has 2 heterocycles. The highest BCUT2D eigenvalue weighted by Crippen LogP contribution is 2.26. The third-order valence-electron chi connectivity index (χ3n) is 2.61. The van der Waals surface area contributed by atoms with E-state index >= 15 is 0 Å². The molecule has 0 N–H and O–H groups in total. The summed E-state index contributed by atoms with van der Waals surface area (Å²) in [7, 11) is 0. The van der Waals surface area contributed by atoms with E-state index in [0.717, 1.165) is 6.42 Å². The Morgan fingerprint density at radius 1 is 1.21 bits per heavy atom. The van der Waals surface area contributed by atoms with Crippen LogP contribution >= 0.6 is 0 Å². The molecule has 0 bridgehead atoms. The van der Waals surface area contributed by atoms with Crippen LogP contribution in [0.15, 0.2) is 48.9 Å². The van der Waals surface area contributed by atoms with E-state index < -0.39 is 0 Å². The Labute approximate surface area is 82.4 Å². The maximum absolute atomic E-state index is 5.49. The molecule has 0 spiro atoms. The number of fused-ring (bicyclic) bond motifs is 1. The van der Waals surface area contributed by atoms with Crippen molar-refractivity contribution in [3.8, 4) is 0 Å². The molecule has 2 heteroatoms. The molecule has 70 valence electrons. The minimum Gasteiger partial charge on any atom is -0.478 e. The summed E-state index contributed by atoms with van der Waals surface area (Å²) in [6.07, 6.45) is 7.02. The number of ether oxygens (including phenoxy) is 1. The monoisotopic (exact) mass is 185 g/mol. The van der Waals surface area contributed by atoms with Crippen LogP contribution in [0.2, 0.25) is 0 Å². The molecule has 3 rings (SSSR count). The Hall–Kier alpha value is -1.70. The molecule has 1 unspecified atom stereocenters. The number of nitrogens with zero attached hydrogens (tertiary/aromatic N) is 1. The highest BCUT2D eigenvalue weighted by molar-refractivity contribution is 5.80. The smallest absolute Gasteiger partial charge is 0.178 e. The van der Waals surface area contributed by atoms with Crippen molar-refractivity contribution in [3.05, 3.63) is 48.9 Å². The molecule has 0 saturated heterocycles. The first-order chi connectivity index (χ1) is 6.95. The highest BCUT2D eigenvalue weighted by Gasteiger charge is 2.14. The van der Waals surface area contributed by atoms with Crippen molar-refractivity contribution in [2.24, 2.45) is 0 Å². The second-order valence-corrected chi connectivity index (χ2v) is 3.48. The quantitative estimate of drug-likeness (QED) is 0.666. The van der Waals surface area contributed by atoms with Crippen molar-refractivity contribution in [3.63, 3.8) is 0 Å². The fourth-order valence-electron chi connectivity index (χ4n) is 1.91. The summed E-state index contributed by atoms with van der Waals surface area (Å²) in [6.45, 7) is 0. The van der Waals surface area contributed by atoms with Crippen LogP contribution in [0.4, 0.5) is 0 Å². The molecule has 0 aliphatic carbocycles. The molecule has 1 aromatic carbocycles. The van der Waals surface area contributed by atoms with Crippen molar-refractivity contribution in [2.75, 3.05) is 0 Å². The van der Waals surface area contributed by atoms with Crippen molar-refractivity contribution >= 4 is 10.9 Å². The largest absolute Gasteiger partial charge is 0.478 e. The molecule has 2 aromatic rings. The van der Waals surface area contributed by atoms with Gasteiger partial charge in [0.05, 0.1) is 11.8 Å². The molecule has 0 fully saturated rings. The minimum atomic E-state index is 0.148. The van der Waals surface area contributed by atoms with Gasteiger partial charge >= 0.3 is 0 Å². The topological polar surface area (TPSA) is 14.2 Å². The number of para-hydroxylation sites is 1. The summed E-state index contributed by atoms with van der Waals surface area (Å²) < 4.78 is 7.66. The summed E-state index contributed by atoms with van der Waals surface area (Å²) in [5.41, 5.74) is 1.24. The van der Waals surface area contributed by atoms with Crippen molar-refractivity contribution < 1.29 is 4.74 Å². The fourth-order valence-corrected chi connectivity index (χ4v) is 1.91. The molecule has 0 amide bonds. The summed E-state index contributed by atoms with van der Waals surface area (Å²) in [4.78, 5) is 0. The number of hydrogen-bond donors (Lipinski definition) is 0. The van der Waals surface area contributed by atoms with E-state index in [-0.39, 0.29) is 6.23 Å². The van der Waals surface area contributed by atoms with Gasteiger partial charge < -0.3 is 9.30 Å². The maximum Gasteiger partial charge on any atom is 0.178 e. The fraction of sp³-hybridized carbons (Fsp3) is 0.167. The third-order valence-corrected chi connectivity index (χ3v) is 2.61. The molecule has 1 aromatic heterocycles.